The second-order valence-electron chi connectivity index (χ2n) is 3.55. The van der Waals surface area contributed by atoms with Crippen molar-refractivity contribution >= 4 is 5.69 Å². The molecule has 1 aromatic rings. The van der Waals surface area contributed by atoms with Crippen molar-refractivity contribution in [3.63, 3.8) is 0 Å². The number of rotatable bonds is 0. The summed E-state index contributed by atoms with van der Waals surface area (Å²) in [6.07, 6.45) is -0.00769. The van der Waals surface area contributed by atoms with Gasteiger partial charge in [-0.05, 0) is 6.07 Å². The number of para-hydroxylation sites is 1. The van der Waals surface area contributed by atoms with Gasteiger partial charge in [-0.25, -0.2) is 4.39 Å². The molecule has 0 aliphatic carbocycles. The fourth-order valence-corrected chi connectivity index (χ4v) is 2.13. The van der Waals surface area contributed by atoms with Crippen LogP contribution >= 0.6 is 0 Å². The van der Waals surface area contributed by atoms with Crippen LogP contribution in [0.15, 0.2) is 24.3 Å². The van der Waals surface area contributed by atoms with E-state index >= 15 is 0 Å². The largest absolute Gasteiger partial charge is 0.357 e. The van der Waals surface area contributed by atoms with Gasteiger partial charge < -0.3 is 10.1 Å². The van der Waals surface area contributed by atoms with E-state index in [-0.39, 0.29) is 0 Å². The molecule has 1 fully saturated rings. The van der Waals surface area contributed by atoms with Gasteiger partial charge in [0.25, 0.3) is 0 Å². The molecule has 2 aliphatic heterocycles. The minimum absolute atomic E-state index is 0.460. The Labute approximate surface area is 75.7 Å². The van der Waals surface area contributed by atoms with E-state index in [2.05, 4.69) is 5.32 Å². The zero-order valence-corrected chi connectivity index (χ0v) is 7.09. The number of alkyl halides is 1. The van der Waals surface area contributed by atoms with Gasteiger partial charge in [-0.15, -0.1) is 0 Å². The second kappa shape index (κ2) is 2.23. The van der Waals surface area contributed by atoms with Crippen molar-refractivity contribution in [3.8, 4) is 0 Å². The molecule has 2 heterocycles. The molecule has 0 amide bonds. The Morgan fingerprint density at radius 3 is 3.23 bits per heavy atom. The quantitative estimate of drug-likeness (QED) is 0.657. The lowest BCUT2D eigenvalue weighted by Crippen LogP contribution is -2.29. The van der Waals surface area contributed by atoms with Gasteiger partial charge in [0, 0.05) is 17.7 Å². The first-order valence-electron chi connectivity index (χ1n) is 4.47. The predicted molar refractivity (Wildman–Crippen MR) is 47.2 cm³/mol. The van der Waals surface area contributed by atoms with Gasteiger partial charge in [0.2, 0.25) is 0 Å². The third kappa shape index (κ3) is 0.800. The van der Waals surface area contributed by atoms with Crippen LogP contribution < -0.4 is 5.32 Å². The van der Waals surface area contributed by atoms with Crippen LogP contribution in [0, 0.1) is 0 Å². The minimum Gasteiger partial charge on any atom is -0.357 e. The molecule has 0 bridgehead atoms. The molecular formula is C10H10FNO. The van der Waals surface area contributed by atoms with Gasteiger partial charge in [-0.2, -0.15) is 0 Å². The summed E-state index contributed by atoms with van der Waals surface area (Å²) in [5.74, 6) is 0. The van der Waals surface area contributed by atoms with Crippen molar-refractivity contribution < 1.29 is 9.13 Å². The van der Waals surface area contributed by atoms with Crippen LogP contribution in [0.1, 0.15) is 12.0 Å². The molecule has 1 N–H and O–H groups in total. The molecule has 2 nitrogen and oxygen atoms in total. The zero-order valence-electron chi connectivity index (χ0n) is 7.09. The number of anilines is 1. The van der Waals surface area contributed by atoms with Crippen molar-refractivity contribution in [1.82, 2.24) is 0 Å². The maximum atomic E-state index is 14.3. The van der Waals surface area contributed by atoms with Crippen LogP contribution in [0.4, 0.5) is 10.1 Å². The molecule has 1 saturated heterocycles. The van der Waals surface area contributed by atoms with E-state index < -0.39 is 11.9 Å². The average Bonchev–Trinajstić information content (AvgIpc) is 2.60. The Balaban J connectivity index is 2.17. The smallest absolute Gasteiger partial charge is 0.184 e. The van der Waals surface area contributed by atoms with E-state index in [4.69, 9.17) is 4.74 Å². The summed E-state index contributed by atoms with van der Waals surface area (Å²) in [6.45, 7) is 0.502. The molecular weight excluding hydrogens is 169 g/mol. The van der Waals surface area contributed by atoms with Gasteiger partial charge in [0.15, 0.2) is 11.9 Å². The molecule has 0 radical (unpaired) electrons. The Morgan fingerprint density at radius 2 is 2.31 bits per heavy atom. The highest BCUT2D eigenvalue weighted by Crippen LogP contribution is 2.48. The predicted octanol–water partition coefficient (Wildman–Crippen LogP) is 2.02. The normalized spacial score (nSPS) is 35.3. The molecule has 0 unspecified atom stereocenters. The van der Waals surface area contributed by atoms with E-state index in [1.807, 2.05) is 24.3 Å². The van der Waals surface area contributed by atoms with Gasteiger partial charge >= 0.3 is 0 Å². The molecule has 0 saturated carbocycles. The number of benzene rings is 1. The maximum Gasteiger partial charge on any atom is 0.184 e. The molecule has 13 heavy (non-hydrogen) atoms. The third-order valence-electron chi connectivity index (χ3n) is 2.83. The summed E-state index contributed by atoms with van der Waals surface area (Å²) in [4.78, 5) is 0. The highest BCUT2D eigenvalue weighted by atomic mass is 19.1. The highest BCUT2D eigenvalue weighted by Gasteiger charge is 2.51. The molecule has 3 rings (SSSR count). The lowest BCUT2D eigenvalue weighted by atomic mass is 9.95. The van der Waals surface area contributed by atoms with Crippen LogP contribution in [0.5, 0.6) is 0 Å². The SMILES string of the molecule is F[C@@]12CCO[C@@H]1Nc1ccccc12. The maximum absolute atomic E-state index is 14.3. The van der Waals surface area contributed by atoms with E-state index in [1.165, 1.54) is 0 Å². The Hall–Kier alpha value is -1.09. The van der Waals surface area contributed by atoms with Crippen molar-refractivity contribution in [3.05, 3.63) is 29.8 Å². The van der Waals surface area contributed by atoms with Gasteiger partial charge in [0.1, 0.15) is 0 Å². The number of hydrogen-bond acceptors (Lipinski definition) is 2. The van der Waals surface area contributed by atoms with Crippen molar-refractivity contribution in [2.24, 2.45) is 0 Å². The summed E-state index contributed by atoms with van der Waals surface area (Å²) < 4.78 is 19.6. The molecule has 2 atom stereocenters. The van der Waals surface area contributed by atoms with Crippen molar-refractivity contribution in [2.75, 3.05) is 11.9 Å². The summed E-state index contributed by atoms with van der Waals surface area (Å²) in [7, 11) is 0. The van der Waals surface area contributed by atoms with E-state index in [0.717, 1.165) is 11.3 Å². The number of halogens is 1. The monoisotopic (exact) mass is 179 g/mol. The molecule has 68 valence electrons. The summed E-state index contributed by atoms with van der Waals surface area (Å²) in [6, 6.07) is 7.48. The first-order valence-corrected chi connectivity index (χ1v) is 4.47. The fraction of sp³-hybridized carbons (Fsp3) is 0.400. The van der Waals surface area contributed by atoms with Crippen molar-refractivity contribution in [1.29, 1.82) is 0 Å². The highest BCUT2D eigenvalue weighted by molar-refractivity contribution is 5.60. The van der Waals surface area contributed by atoms with E-state index in [1.54, 1.807) is 0 Å². The molecule has 0 aromatic heterocycles. The summed E-state index contributed by atoms with van der Waals surface area (Å²) in [5, 5.41) is 3.04. The number of hydrogen-bond donors (Lipinski definition) is 1. The van der Waals surface area contributed by atoms with Gasteiger partial charge in [-0.1, -0.05) is 18.2 Å². The Morgan fingerprint density at radius 1 is 1.46 bits per heavy atom. The first-order chi connectivity index (χ1) is 6.31. The third-order valence-corrected chi connectivity index (χ3v) is 2.83. The van der Waals surface area contributed by atoms with E-state index in [9.17, 15) is 4.39 Å². The summed E-state index contributed by atoms with van der Waals surface area (Å²) >= 11 is 0. The summed E-state index contributed by atoms with van der Waals surface area (Å²) in [5.41, 5.74) is 0.323. The standard InChI is InChI=1S/C10H10FNO/c11-10-5-6-13-9(10)12-8-4-2-1-3-7(8)10/h1-4,9,12H,5-6H2/t9-,10+/m0/s1. The van der Waals surface area contributed by atoms with Crippen LogP contribution in [0.2, 0.25) is 0 Å². The van der Waals surface area contributed by atoms with Crippen LogP contribution in [0.3, 0.4) is 0 Å². The van der Waals surface area contributed by atoms with Crippen LogP contribution in [-0.4, -0.2) is 12.8 Å². The van der Waals surface area contributed by atoms with Gasteiger partial charge in [-0.3, -0.25) is 0 Å². The lowest BCUT2D eigenvalue weighted by molar-refractivity contribution is 0.0510. The van der Waals surface area contributed by atoms with Crippen LogP contribution in [0.25, 0.3) is 0 Å². The Bertz CT molecular complexity index is 355. The number of nitrogens with one attached hydrogen (secondary N) is 1. The second-order valence-corrected chi connectivity index (χ2v) is 3.55. The van der Waals surface area contributed by atoms with Gasteiger partial charge in [0.05, 0.1) is 6.61 Å². The number of fused-ring (bicyclic) bond motifs is 3. The topological polar surface area (TPSA) is 21.3 Å². The average molecular weight is 179 g/mol. The first kappa shape index (κ1) is 7.33. The fourth-order valence-electron chi connectivity index (χ4n) is 2.13. The zero-order chi connectivity index (χ0) is 8.89. The minimum atomic E-state index is -1.30. The van der Waals surface area contributed by atoms with E-state index in [0.29, 0.717) is 13.0 Å². The van der Waals surface area contributed by atoms with Crippen LogP contribution in [-0.2, 0) is 10.4 Å². The lowest BCUT2D eigenvalue weighted by Gasteiger charge is -2.16. The molecule has 1 aromatic carbocycles. The van der Waals surface area contributed by atoms with Crippen molar-refractivity contribution in [2.45, 2.75) is 18.3 Å². The number of ether oxygens (including phenoxy) is 1. The molecule has 3 heteroatoms. The molecule has 2 aliphatic rings. The Kier molecular flexibility index (Phi) is 1.26. The molecule has 0 spiro atoms.